The van der Waals surface area contributed by atoms with Crippen molar-refractivity contribution in [3.8, 4) is 0 Å². The Bertz CT molecular complexity index is 429. The van der Waals surface area contributed by atoms with Crippen LogP contribution < -0.4 is 0 Å². The van der Waals surface area contributed by atoms with Crippen molar-refractivity contribution in [2.24, 2.45) is 0 Å². The monoisotopic (exact) mass is 203 g/mol. The second kappa shape index (κ2) is 3.77. The summed E-state index contributed by atoms with van der Waals surface area (Å²) in [6.45, 7) is 5.97. The zero-order valence-corrected chi connectivity index (χ0v) is 8.64. The molecule has 0 bridgehead atoms. The van der Waals surface area contributed by atoms with E-state index in [0.717, 1.165) is 5.69 Å². The summed E-state index contributed by atoms with van der Waals surface area (Å²) in [5.41, 5.74) is 1.55. The maximum atomic E-state index is 11.5. The molecule has 1 aliphatic heterocycles. The fraction of sp³-hybridized carbons (Fsp3) is 0.250. The van der Waals surface area contributed by atoms with Crippen LogP contribution in [0.5, 0.6) is 0 Å². The summed E-state index contributed by atoms with van der Waals surface area (Å²) in [6, 6.07) is 3.93. The number of rotatable bonds is 3. The van der Waals surface area contributed by atoms with Gasteiger partial charge in [0.1, 0.15) is 0 Å². The summed E-state index contributed by atoms with van der Waals surface area (Å²) in [6.07, 6.45) is 5.84. The van der Waals surface area contributed by atoms with Gasteiger partial charge in [0.25, 0.3) is 0 Å². The number of hydrogen-bond acceptors (Lipinski definition) is 2. The van der Waals surface area contributed by atoms with Gasteiger partial charge in [-0.05, 0) is 19.1 Å². The first-order valence-electron chi connectivity index (χ1n) is 4.95. The first kappa shape index (κ1) is 9.77. The van der Waals surface area contributed by atoms with E-state index >= 15 is 0 Å². The molecule has 0 saturated carbocycles. The molecule has 0 N–H and O–H groups in total. The largest absolute Gasteiger partial charge is 0.463 e. The number of nitrogens with zero attached hydrogens (tertiary/aromatic N) is 1. The van der Waals surface area contributed by atoms with Crippen molar-refractivity contribution in [1.82, 2.24) is 4.57 Å². The molecule has 1 aromatic rings. The van der Waals surface area contributed by atoms with Gasteiger partial charge in [-0.1, -0.05) is 12.7 Å². The van der Waals surface area contributed by atoms with Crippen LogP contribution in [0.4, 0.5) is 0 Å². The molecule has 1 atom stereocenters. The van der Waals surface area contributed by atoms with Crippen LogP contribution in [-0.2, 0) is 9.53 Å². The molecule has 3 nitrogen and oxygen atoms in total. The first-order chi connectivity index (χ1) is 7.24. The van der Waals surface area contributed by atoms with Gasteiger partial charge < -0.3 is 9.30 Å². The molecule has 15 heavy (non-hydrogen) atoms. The second-order valence-corrected chi connectivity index (χ2v) is 3.41. The predicted molar refractivity (Wildman–Crippen MR) is 58.3 cm³/mol. The molecule has 0 spiro atoms. The Balaban J connectivity index is 2.18. The van der Waals surface area contributed by atoms with E-state index in [1.54, 1.807) is 6.92 Å². The van der Waals surface area contributed by atoms with Crippen LogP contribution in [0.15, 0.2) is 36.6 Å². The number of allylic oxidation sites excluding steroid dienone is 1. The second-order valence-electron chi connectivity index (χ2n) is 3.41. The topological polar surface area (TPSA) is 31.2 Å². The number of ether oxygens (including phenoxy) is 1. The molecule has 0 amide bonds. The third-order valence-corrected chi connectivity index (χ3v) is 2.48. The molecule has 78 valence electrons. The zero-order valence-electron chi connectivity index (χ0n) is 8.64. The molecular formula is C12H13NO2. The number of hydrogen-bond donors (Lipinski definition) is 0. The number of esters is 1. The van der Waals surface area contributed by atoms with Gasteiger partial charge in [0.15, 0.2) is 0 Å². The lowest BCUT2D eigenvalue weighted by molar-refractivity contribution is -0.138. The van der Waals surface area contributed by atoms with Crippen molar-refractivity contribution in [3.05, 3.63) is 42.3 Å². The lowest BCUT2D eigenvalue weighted by atomic mass is 9.98. The molecule has 3 heteroatoms. The number of carbonyl (C=O) groups is 1. The summed E-state index contributed by atoms with van der Waals surface area (Å²) in [5, 5.41) is 0. The van der Waals surface area contributed by atoms with Crippen molar-refractivity contribution in [3.63, 3.8) is 0 Å². The van der Waals surface area contributed by atoms with Crippen molar-refractivity contribution in [2.45, 2.75) is 12.8 Å². The standard InChI is InChI=1S/C12H13NO2/c1-3-15-12(14)9(2)10-6-8-13-7-4-5-11(10)13/h4-8,10H,2-3H2,1H3. The summed E-state index contributed by atoms with van der Waals surface area (Å²) in [5.74, 6) is -0.360. The van der Waals surface area contributed by atoms with E-state index in [0.29, 0.717) is 12.2 Å². The number of fused-ring (bicyclic) bond motifs is 1. The van der Waals surface area contributed by atoms with Gasteiger partial charge in [0.05, 0.1) is 12.5 Å². The third kappa shape index (κ3) is 1.61. The highest BCUT2D eigenvalue weighted by molar-refractivity contribution is 5.90. The molecule has 2 rings (SSSR count). The lowest BCUT2D eigenvalue weighted by Gasteiger charge is -2.10. The van der Waals surface area contributed by atoms with Gasteiger partial charge in [-0.15, -0.1) is 0 Å². The van der Waals surface area contributed by atoms with Crippen molar-refractivity contribution >= 4 is 12.2 Å². The Morgan fingerprint density at radius 3 is 3.20 bits per heavy atom. The van der Waals surface area contributed by atoms with Crippen LogP contribution in [-0.4, -0.2) is 17.1 Å². The molecule has 0 fully saturated rings. The van der Waals surface area contributed by atoms with Crippen LogP contribution >= 0.6 is 0 Å². The van der Waals surface area contributed by atoms with E-state index < -0.39 is 0 Å². The summed E-state index contributed by atoms with van der Waals surface area (Å²) < 4.78 is 6.91. The summed E-state index contributed by atoms with van der Waals surface area (Å²) in [4.78, 5) is 11.5. The highest BCUT2D eigenvalue weighted by Gasteiger charge is 2.24. The van der Waals surface area contributed by atoms with E-state index in [4.69, 9.17) is 4.74 Å². The van der Waals surface area contributed by atoms with Crippen LogP contribution in [0.1, 0.15) is 18.5 Å². The van der Waals surface area contributed by atoms with Crippen LogP contribution in [0.25, 0.3) is 6.20 Å². The SMILES string of the molecule is C=C(C(=O)OCC)C1C=Cn2cccc21. The summed E-state index contributed by atoms with van der Waals surface area (Å²) >= 11 is 0. The Kier molecular flexibility index (Phi) is 2.46. The highest BCUT2D eigenvalue weighted by atomic mass is 16.5. The molecule has 0 aliphatic carbocycles. The maximum Gasteiger partial charge on any atom is 0.334 e. The predicted octanol–water partition coefficient (Wildman–Crippen LogP) is 2.18. The van der Waals surface area contributed by atoms with Gasteiger partial charge in [0, 0.05) is 23.7 Å². The molecule has 0 saturated heterocycles. The Morgan fingerprint density at radius 1 is 1.67 bits per heavy atom. The van der Waals surface area contributed by atoms with Crippen LogP contribution in [0.3, 0.4) is 0 Å². The fourth-order valence-electron chi connectivity index (χ4n) is 1.73. The van der Waals surface area contributed by atoms with Crippen molar-refractivity contribution in [2.75, 3.05) is 6.61 Å². The maximum absolute atomic E-state index is 11.5. The minimum atomic E-state index is -0.318. The van der Waals surface area contributed by atoms with Gasteiger partial charge in [-0.3, -0.25) is 0 Å². The molecule has 1 unspecified atom stereocenters. The normalized spacial score (nSPS) is 17.5. The molecule has 0 radical (unpaired) electrons. The molecule has 0 aromatic carbocycles. The molecule has 2 heterocycles. The van der Waals surface area contributed by atoms with E-state index in [9.17, 15) is 4.79 Å². The van der Waals surface area contributed by atoms with E-state index in [-0.39, 0.29) is 11.9 Å². The minimum absolute atomic E-state index is 0.0425. The van der Waals surface area contributed by atoms with Crippen molar-refractivity contribution in [1.29, 1.82) is 0 Å². The molecular weight excluding hydrogens is 190 g/mol. The third-order valence-electron chi connectivity index (χ3n) is 2.48. The van der Waals surface area contributed by atoms with Gasteiger partial charge in [-0.25, -0.2) is 4.79 Å². The van der Waals surface area contributed by atoms with Gasteiger partial charge in [-0.2, -0.15) is 0 Å². The molecule has 1 aliphatic rings. The average molecular weight is 203 g/mol. The number of carbonyl (C=O) groups excluding carboxylic acids is 1. The average Bonchev–Trinajstić information content (AvgIpc) is 2.77. The van der Waals surface area contributed by atoms with E-state index in [1.165, 1.54) is 0 Å². The first-order valence-corrected chi connectivity index (χ1v) is 4.95. The van der Waals surface area contributed by atoms with Gasteiger partial charge >= 0.3 is 5.97 Å². The van der Waals surface area contributed by atoms with E-state index in [2.05, 4.69) is 6.58 Å². The Morgan fingerprint density at radius 2 is 2.47 bits per heavy atom. The lowest BCUT2D eigenvalue weighted by Crippen LogP contribution is -2.12. The molecule has 1 aromatic heterocycles. The fourth-order valence-corrected chi connectivity index (χ4v) is 1.73. The smallest absolute Gasteiger partial charge is 0.334 e. The van der Waals surface area contributed by atoms with Crippen LogP contribution in [0, 0.1) is 0 Å². The van der Waals surface area contributed by atoms with Crippen molar-refractivity contribution < 1.29 is 9.53 Å². The summed E-state index contributed by atoms with van der Waals surface area (Å²) in [7, 11) is 0. The quantitative estimate of drug-likeness (QED) is 0.557. The zero-order chi connectivity index (χ0) is 10.8. The number of aromatic nitrogens is 1. The minimum Gasteiger partial charge on any atom is -0.463 e. The Hall–Kier alpha value is -1.77. The highest BCUT2D eigenvalue weighted by Crippen LogP contribution is 2.31. The van der Waals surface area contributed by atoms with Crippen LogP contribution in [0.2, 0.25) is 0 Å². The van der Waals surface area contributed by atoms with Gasteiger partial charge in [0.2, 0.25) is 0 Å². The Labute approximate surface area is 88.7 Å². The van der Waals surface area contributed by atoms with E-state index in [1.807, 2.05) is 35.2 Å².